The van der Waals surface area contributed by atoms with Gasteiger partial charge in [0.2, 0.25) is 10.0 Å². The van der Waals surface area contributed by atoms with Crippen molar-refractivity contribution in [3.63, 3.8) is 0 Å². The van der Waals surface area contributed by atoms with Crippen molar-refractivity contribution in [3.05, 3.63) is 14.9 Å². The Hall–Kier alpha value is 0.340. The highest BCUT2D eigenvalue weighted by Crippen LogP contribution is 2.34. The monoisotopic (exact) mass is 374 g/mol. The maximum atomic E-state index is 12.1. The van der Waals surface area contributed by atoms with E-state index in [9.17, 15) is 8.42 Å². The SMILES string of the molecule is CC(CCN(C)C)NS(=O)(=O)c1cc(Cl)c(Br)s1. The van der Waals surface area contributed by atoms with Gasteiger partial charge < -0.3 is 4.90 Å². The molecule has 0 amide bonds. The molecule has 0 spiro atoms. The minimum atomic E-state index is -3.47. The molecule has 8 heteroatoms. The fourth-order valence-electron chi connectivity index (χ4n) is 1.29. The highest BCUT2D eigenvalue weighted by atomic mass is 79.9. The predicted molar refractivity (Wildman–Crippen MR) is 80.0 cm³/mol. The van der Waals surface area contributed by atoms with Gasteiger partial charge in [0.15, 0.2) is 0 Å². The average Bonchev–Trinajstić information content (AvgIpc) is 2.56. The molecule has 0 saturated carbocycles. The molecule has 4 nitrogen and oxygen atoms in total. The van der Waals surface area contributed by atoms with Crippen molar-refractivity contribution < 1.29 is 8.42 Å². The first kappa shape index (κ1) is 16.4. The first-order chi connectivity index (χ1) is 8.22. The topological polar surface area (TPSA) is 49.4 Å². The molecule has 1 rings (SSSR count). The number of nitrogens with one attached hydrogen (secondary N) is 1. The number of nitrogens with zero attached hydrogens (tertiary/aromatic N) is 1. The lowest BCUT2D eigenvalue weighted by atomic mass is 10.2. The summed E-state index contributed by atoms with van der Waals surface area (Å²) in [6.45, 7) is 2.68. The second-order valence-corrected chi connectivity index (χ2v) is 9.02. The Morgan fingerprint density at radius 3 is 2.61 bits per heavy atom. The van der Waals surface area contributed by atoms with Crippen molar-refractivity contribution in [1.82, 2.24) is 9.62 Å². The average molecular weight is 376 g/mol. The summed E-state index contributed by atoms with van der Waals surface area (Å²) in [5, 5.41) is 0.418. The highest BCUT2D eigenvalue weighted by Gasteiger charge is 2.21. The quantitative estimate of drug-likeness (QED) is 0.832. The van der Waals surface area contributed by atoms with Crippen molar-refractivity contribution in [2.24, 2.45) is 0 Å². The summed E-state index contributed by atoms with van der Waals surface area (Å²) in [6, 6.07) is 1.34. The van der Waals surface area contributed by atoms with E-state index in [4.69, 9.17) is 11.6 Å². The maximum absolute atomic E-state index is 12.1. The molecule has 1 aromatic rings. The molecular formula is C10H16BrClN2O2S2. The molecule has 1 N–H and O–H groups in total. The van der Waals surface area contributed by atoms with Crippen molar-refractivity contribution in [3.8, 4) is 0 Å². The van der Waals surface area contributed by atoms with Crippen LogP contribution in [0, 0.1) is 0 Å². The van der Waals surface area contributed by atoms with Gasteiger partial charge in [-0.25, -0.2) is 13.1 Å². The molecule has 1 aromatic heterocycles. The van der Waals surface area contributed by atoms with Gasteiger partial charge in [0.25, 0.3) is 0 Å². The van der Waals surface area contributed by atoms with Gasteiger partial charge in [0.05, 0.1) is 8.81 Å². The normalized spacial score (nSPS) is 14.1. The fraction of sp³-hybridized carbons (Fsp3) is 0.600. The molecule has 0 aliphatic heterocycles. The fourth-order valence-corrected chi connectivity index (χ4v) is 4.99. The molecular weight excluding hydrogens is 360 g/mol. The third-order valence-corrected chi connectivity index (χ3v) is 6.79. The lowest BCUT2D eigenvalue weighted by Crippen LogP contribution is -2.34. The van der Waals surface area contributed by atoms with Crippen molar-refractivity contribution in [1.29, 1.82) is 0 Å². The summed E-state index contributed by atoms with van der Waals surface area (Å²) in [4.78, 5) is 2.02. The standard InChI is InChI=1S/C10H16BrClN2O2S2/c1-7(4-5-14(2)3)13-18(15,16)9-6-8(12)10(11)17-9/h6-7,13H,4-5H2,1-3H3. The van der Waals surface area contributed by atoms with Crippen LogP contribution in [0.15, 0.2) is 14.1 Å². The second kappa shape index (κ2) is 6.67. The number of sulfonamides is 1. The van der Waals surface area contributed by atoms with Gasteiger partial charge in [-0.1, -0.05) is 11.6 Å². The number of rotatable bonds is 6. The Kier molecular flexibility index (Phi) is 6.08. The van der Waals surface area contributed by atoms with E-state index in [1.165, 1.54) is 6.07 Å². The molecule has 1 atom stereocenters. The van der Waals surface area contributed by atoms with Gasteiger partial charge in [-0.15, -0.1) is 11.3 Å². The molecule has 0 aliphatic rings. The van der Waals surface area contributed by atoms with Crippen LogP contribution in [0.2, 0.25) is 5.02 Å². The van der Waals surface area contributed by atoms with E-state index in [0.29, 0.717) is 8.81 Å². The van der Waals surface area contributed by atoms with Crippen LogP contribution in [0.4, 0.5) is 0 Å². The number of halogens is 2. The Labute approximate surface area is 126 Å². The molecule has 1 unspecified atom stereocenters. The van der Waals surface area contributed by atoms with Crippen LogP contribution < -0.4 is 4.72 Å². The molecule has 0 aromatic carbocycles. The first-order valence-electron chi connectivity index (χ1n) is 5.34. The summed E-state index contributed by atoms with van der Waals surface area (Å²) < 4.78 is 27.6. The Morgan fingerprint density at radius 2 is 2.17 bits per heavy atom. The third-order valence-electron chi connectivity index (χ3n) is 2.25. The zero-order valence-electron chi connectivity index (χ0n) is 10.4. The molecule has 18 heavy (non-hydrogen) atoms. The van der Waals surface area contributed by atoms with E-state index >= 15 is 0 Å². The van der Waals surface area contributed by atoms with E-state index in [1.807, 2.05) is 25.9 Å². The summed E-state index contributed by atoms with van der Waals surface area (Å²) in [5.74, 6) is 0. The van der Waals surface area contributed by atoms with Crippen molar-refractivity contribution in [2.45, 2.75) is 23.6 Å². The second-order valence-electron chi connectivity index (χ2n) is 4.30. The van der Waals surface area contributed by atoms with Crippen LogP contribution in [0.1, 0.15) is 13.3 Å². The summed E-state index contributed by atoms with van der Waals surface area (Å²) in [6.07, 6.45) is 0.756. The van der Waals surface area contributed by atoms with E-state index < -0.39 is 10.0 Å². The summed E-state index contributed by atoms with van der Waals surface area (Å²) >= 11 is 10.2. The minimum Gasteiger partial charge on any atom is -0.309 e. The summed E-state index contributed by atoms with van der Waals surface area (Å²) in [5.41, 5.74) is 0. The summed E-state index contributed by atoms with van der Waals surface area (Å²) in [7, 11) is 0.438. The number of hydrogen-bond donors (Lipinski definition) is 1. The Morgan fingerprint density at radius 1 is 1.56 bits per heavy atom. The van der Waals surface area contributed by atoms with Gasteiger partial charge in [0.1, 0.15) is 4.21 Å². The van der Waals surface area contributed by atoms with Crippen LogP contribution in [0.3, 0.4) is 0 Å². The smallest absolute Gasteiger partial charge is 0.250 e. The number of thiophene rings is 1. The molecule has 0 fully saturated rings. The molecule has 0 aliphatic carbocycles. The van der Waals surface area contributed by atoms with Gasteiger partial charge in [0, 0.05) is 6.04 Å². The molecule has 0 saturated heterocycles. The van der Waals surface area contributed by atoms with Gasteiger partial charge in [-0.3, -0.25) is 0 Å². The zero-order chi connectivity index (χ0) is 13.9. The van der Waals surface area contributed by atoms with E-state index in [-0.39, 0.29) is 10.3 Å². The predicted octanol–water partition coefficient (Wildman–Crippen LogP) is 2.78. The lowest BCUT2D eigenvalue weighted by molar-refractivity contribution is 0.379. The van der Waals surface area contributed by atoms with Gasteiger partial charge >= 0.3 is 0 Å². The molecule has 1 heterocycles. The maximum Gasteiger partial charge on any atom is 0.250 e. The van der Waals surface area contributed by atoms with Gasteiger partial charge in [-0.05, 0) is 56.0 Å². The molecule has 0 bridgehead atoms. The first-order valence-corrected chi connectivity index (χ1v) is 8.81. The van der Waals surface area contributed by atoms with Crippen molar-refractivity contribution in [2.75, 3.05) is 20.6 Å². The highest BCUT2D eigenvalue weighted by molar-refractivity contribution is 9.11. The Balaban J connectivity index is 2.70. The zero-order valence-corrected chi connectivity index (χ0v) is 14.4. The van der Waals surface area contributed by atoms with Crippen LogP contribution in [-0.4, -0.2) is 40.0 Å². The largest absolute Gasteiger partial charge is 0.309 e. The van der Waals surface area contributed by atoms with E-state index in [0.717, 1.165) is 24.3 Å². The van der Waals surface area contributed by atoms with Gasteiger partial charge in [-0.2, -0.15) is 0 Å². The molecule has 0 radical (unpaired) electrons. The molecule has 104 valence electrons. The van der Waals surface area contributed by atoms with Crippen LogP contribution in [-0.2, 0) is 10.0 Å². The lowest BCUT2D eigenvalue weighted by Gasteiger charge is -2.16. The van der Waals surface area contributed by atoms with Crippen LogP contribution in [0.5, 0.6) is 0 Å². The van der Waals surface area contributed by atoms with Crippen LogP contribution >= 0.6 is 38.9 Å². The van der Waals surface area contributed by atoms with Crippen LogP contribution in [0.25, 0.3) is 0 Å². The third kappa shape index (κ3) is 4.79. The minimum absolute atomic E-state index is 0.114. The van der Waals surface area contributed by atoms with E-state index in [2.05, 4.69) is 20.7 Å². The number of hydrogen-bond acceptors (Lipinski definition) is 4. The van der Waals surface area contributed by atoms with E-state index in [1.54, 1.807) is 0 Å². The Bertz CT molecular complexity index is 482. The van der Waals surface area contributed by atoms with Crippen molar-refractivity contribution >= 4 is 48.9 Å².